The number of rotatable bonds is 15. The van der Waals surface area contributed by atoms with Crippen molar-refractivity contribution in [2.24, 2.45) is 0 Å². The van der Waals surface area contributed by atoms with Gasteiger partial charge in [0.1, 0.15) is 17.0 Å². The molecule has 4 aromatic carbocycles. The van der Waals surface area contributed by atoms with E-state index in [1.54, 1.807) is 18.7 Å². The molecule has 2 aliphatic heterocycles. The summed E-state index contributed by atoms with van der Waals surface area (Å²) in [6.07, 6.45) is 3.97. The first kappa shape index (κ1) is 46.8. The number of hydrogen-bond donors (Lipinski definition) is 2. The number of nitrogens with one attached hydrogen (secondary N) is 2. The Morgan fingerprint density at radius 1 is 0.937 bits per heavy atom. The smallest absolute Gasteiger partial charge is 0.381 e. The molecule has 0 amide bonds. The van der Waals surface area contributed by atoms with Crippen molar-refractivity contribution >= 4 is 54.7 Å². The van der Waals surface area contributed by atoms with Gasteiger partial charge in [0, 0.05) is 59.8 Å². The summed E-state index contributed by atoms with van der Waals surface area (Å²) in [5.41, 5.74) is -1.28. The van der Waals surface area contributed by atoms with E-state index in [0.29, 0.717) is 54.3 Å². The number of thioether (sulfide) groups is 1. The second kappa shape index (κ2) is 19.5. The number of hydrogen-bond acceptors (Lipinski definition) is 11. The number of sulfone groups is 1. The van der Waals surface area contributed by atoms with Crippen LogP contribution in [0.5, 0.6) is 0 Å². The molecule has 0 saturated carbocycles. The molecule has 3 unspecified atom stereocenters. The Bertz CT molecular complexity index is 2610. The van der Waals surface area contributed by atoms with Crippen LogP contribution in [-0.4, -0.2) is 97.7 Å². The summed E-state index contributed by atoms with van der Waals surface area (Å²) in [7, 11) is -6.84. The van der Waals surface area contributed by atoms with Crippen LogP contribution in [0.1, 0.15) is 49.9 Å². The Morgan fingerprint density at radius 2 is 1.65 bits per heavy atom. The highest BCUT2D eigenvalue weighted by Crippen LogP contribution is 2.38. The monoisotopic (exact) mass is 941 g/mol. The van der Waals surface area contributed by atoms with Gasteiger partial charge >= 0.3 is 5.51 Å². The van der Waals surface area contributed by atoms with Crippen molar-refractivity contribution in [3.8, 4) is 11.1 Å². The minimum Gasteiger partial charge on any atom is -0.381 e. The quantitative estimate of drug-likeness (QED) is 0.0771. The van der Waals surface area contributed by atoms with E-state index in [-0.39, 0.29) is 22.9 Å². The van der Waals surface area contributed by atoms with E-state index < -0.39 is 41.2 Å². The van der Waals surface area contributed by atoms with Crippen molar-refractivity contribution in [3.05, 3.63) is 125 Å². The lowest BCUT2D eigenvalue weighted by Crippen LogP contribution is -2.50. The molecule has 18 heteroatoms. The molecule has 336 valence electrons. The third kappa shape index (κ3) is 11.0. The average molecular weight is 943 g/mol. The largest absolute Gasteiger partial charge is 0.501 e. The lowest BCUT2D eigenvalue weighted by Gasteiger charge is -2.43. The fourth-order valence-electron chi connectivity index (χ4n) is 8.29. The highest BCUT2D eigenvalue weighted by Gasteiger charge is 2.48. The zero-order valence-corrected chi connectivity index (χ0v) is 38.6. The molecule has 5 aromatic rings. The van der Waals surface area contributed by atoms with Gasteiger partial charge in [-0.15, -0.1) is 11.8 Å². The van der Waals surface area contributed by atoms with Crippen LogP contribution in [0, 0.1) is 0 Å². The molecule has 4 atom stereocenters. The molecule has 63 heavy (non-hydrogen) atoms. The van der Waals surface area contributed by atoms with E-state index in [0.717, 1.165) is 48.5 Å². The van der Waals surface area contributed by atoms with Crippen LogP contribution in [0.15, 0.2) is 118 Å². The van der Waals surface area contributed by atoms with Gasteiger partial charge in [0.05, 0.1) is 21.7 Å². The number of halogens is 4. The fourth-order valence-corrected chi connectivity index (χ4v) is 11.7. The molecule has 0 radical (unpaired) electrons. The molecule has 0 aliphatic carbocycles. The van der Waals surface area contributed by atoms with Gasteiger partial charge in [-0.1, -0.05) is 66.2 Å². The average Bonchev–Trinajstić information content (AvgIpc) is 3.24. The molecule has 2 N–H and O–H groups in total. The molecule has 1 saturated heterocycles. The Balaban J connectivity index is 1.03. The predicted octanol–water partition coefficient (Wildman–Crippen LogP) is 9.17. The molecule has 3 heterocycles. The second-order valence-corrected chi connectivity index (χ2v) is 21.7. The number of benzene rings is 4. The van der Waals surface area contributed by atoms with E-state index in [4.69, 9.17) is 11.6 Å². The molecule has 2 aliphatic rings. The van der Waals surface area contributed by atoms with Gasteiger partial charge in [-0.25, -0.2) is 26.8 Å². The summed E-state index contributed by atoms with van der Waals surface area (Å²) < 4.78 is 98.5. The molecular formula is C45H51ClF3N7O4S3. The van der Waals surface area contributed by atoms with Crippen molar-refractivity contribution in [1.29, 1.82) is 0 Å². The number of nitrogens with zero attached hydrogens (tertiary/aromatic N) is 5. The van der Waals surface area contributed by atoms with Gasteiger partial charge in [0.25, 0.3) is 19.9 Å². The topological polar surface area (TPSA) is 128 Å². The van der Waals surface area contributed by atoms with E-state index >= 15 is 0 Å². The van der Waals surface area contributed by atoms with Crippen LogP contribution in [0.4, 0.5) is 24.7 Å². The summed E-state index contributed by atoms with van der Waals surface area (Å²) in [6, 6.07) is 28.7. The van der Waals surface area contributed by atoms with E-state index in [9.17, 15) is 30.0 Å². The van der Waals surface area contributed by atoms with Gasteiger partial charge in [-0.3, -0.25) is 19.4 Å². The van der Waals surface area contributed by atoms with Gasteiger partial charge in [0.2, 0.25) is 0 Å². The zero-order chi connectivity index (χ0) is 45.1. The van der Waals surface area contributed by atoms with Crippen molar-refractivity contribution < 1.29 is 30.0 Å². The molecular weight excluding hydrogens is 891 g/mol. The molecule has 0 spiro atoms. The molecule has 1 fully saturated rings. The number of fused-ring (bicyclic) bond motifs is 1. The number of anilines is 2. The standard InChI is InChI=1S/C45H51ClF3N7O4S3/c1-30(24-43(54(3)4)61-36-11-6-5-7-12-36)52-40-19-18-37(26-42(40)62(57,58)45(47,48)49)63(59,60)53-44-39-21-23-56(28-41(39)50-29-51-44)35-20-22-55(31(2)25-35)27-33-10-8-9-13-38(33)32-14-16-34(46)17-15-32/h5-19,26,29-31,35,43,52H,20-25,27-28H2,1-4H3,(H,50,51,53)/t30?,31?,35?,43-/m1/s1. The van der Waals surface area contributed by atoms with Crippen LogP contribution in [0.3, 0.4) is 0 Å². The predicted molar refractivity (Wildman–Crippen MR) is 244 cm³/mol. The van der Waals surface area contributed by atoms with Crippen molar-refractivity contribution in [2.75, 3.05) is 37.2 Å². The van der Waals surface area contributed by atoms with Crippen molar-refractivity contribution in [3.63, 3.8) is 0 Å². The van der Waals surface area contributed by atoms with E-state index in [1.807, 2.05) is 79.7 Å². The van der Waals surface area contributed by atoms with Crippen LogP contribution in [0.2, 0.25) is 5.02 Å². The van der Waals surface area contributed by atoms with Crippen LogP contribution in [-0.2, 0) is 39.4 Å². The molecule has 1 aromatic heterocycles. The number of alkyl halides is 3. The zero-order valence-electron chi connectivity index (χ0n) is 35.4. The van der Waals surface area contributed by atoms with Crippen LogP contribution >= 0.6 is 23.4 Å². The highest BCUT2D eigenvalue weighted by molar-refractivity contribution is 7.99. The third-order valence-corrected chi connectivity index (χ3v) is 16.3. The maximum atomic E-state index is 14.1. The van der Waals surface area contributed by atoms with Crippen molar-refractivity contribution in [2.45, 2.75) is 96.3 Å². The summed E-state index contributed by atoms with van der Waals surface area (Å²) in [5, 5.41) is 3.49. The SMILES string of the molecule is CC(C[C@@H](Sc1ccccc1)N(C)C)Nc1ccc(S(=O)(=O)Nc2ncnc3c2CCN(C2CCN(Cc4ccccc4-c4ccc(Cl)cc4)C(C)C2)C3)cc1S(=O)(=O)C(F)(F)F. The van der Waals surface area contributed by atoms with Crippen LogP contribution < -0.4 is 10.0 Å². The van der Waals surface area contributed by atoms with Crippen molar-refractivity contribution in [1.82, 2.24) is 24.7 Å². The van der Waals surface area contributed by atoms with E-state index in [2.05, 4.69) is 54.9 Å². The number of sulfonamides is 1. The Labute approximate surface area is 377 Å². The minimum atomic E-state index is -5.98. The minimum absolute atomic E-state index is 0.00360. The lowest BCUT2D eigenvalue weighted by atomic mass is 9.93. The maximum Gasteiger partial charge on any atom is 0.501 e. The van der Waals surface area contributed by atoms with Gasteiger partial charge in [-0.05, 0) is 113 Å². The first-order chi connectivity index (χ1) is 29.9. The first-order valence-electron chi connectivity index (χ1n) is 20.7. The summed E-state index contributed by atoms with van der Waals surface area (Å²) in [4.78, 5) is 14.7. The Kier molecular flexibility index (Phi) is 14.5. The third-order valence-electron chi connectivity index (χ3n) is 11.7. The summed E-state index contributed by atoms with van der Waals surface area (Å²) >= 11 is 7.71. The molecule has 7 rings (SSSR count). The second-order valence-electron chi connectivity index (χ2n) is 16.4. The van der Waals surface area contributed by atoms with Gasteiger partial charge < -0.3 is 5.32 Å². The number of piperidine rings is 1. The van der Waals surface area contributed by atoms with E-state index in [1.165, 1.54) is 17.5 Å². The van der Waals surface area contributed by atoms with Crippen LogP contribution in [0.25, 0.3) is 11.1 Å². The first-order valence-corrected chi connectivity index (χ1v) is 24.9. The Morgan fingerprint density at radius 3 is 2.35 bits per heavy atom. The Hall–Kier alpha value is -4.23. The molecule has 11 nitrogen and oxygen atoms in total. The fraction of sp³-hybridized carbons (Fsp3) is 0.378. The normalized spacial score (nSPS) is 18.7. The summed E-state index contributed by atoms with van der Waals surface area (Å²) in [6.45, 7) is 6.75. The number of aromatic nitrogens is 2. The lowest BCUT2D eigenvalue weighted by molar-refractivity contribution is -0.0435. The highest BCUT2D eigenvalue weighted by atomic mass is 35.5. The van der Waals surface area contributed by atoms with Gasteiger partial charge in [-0.2, -0.15) is 13.2 Å². The summed E-state index contributed by atoms with van der Waals surface area (Å²) in [5.74, 6) is 0.00360. The molecule has 0 bridgehead atoms. The number of likely N-dealkylation sites (tertiary alicyclic amines) is 1. The van der Waals surface area contributed by atoms with Gasteiger partial charge in [0.15, 0.2) is 0 Å². The maximum absolute atomic E-state index is 14.1.